The second-order valence-corrected chi connectivity index (χ2v) is 6.53. The van der Waals surface area contributed by atoms with Gasteiger partial charge in [0.05, 0.1) is 17.6 Å². The second kappa shape index (κ2) is 4.90. The molecule has 2 saturated carbocycles. The maximum Gasteiger partial charge on any atom is 0.226 e. The average Bonchev–Trinajstić information content (AvgIpc) is 2.99. The van der Waals surface area contributed by atoms with Gasteiger partial charge in [-0.25, -0.2) is 0 Å². The van der Waals surface area contributed by atoms with E-state index in [4.69, 9.17) is 5.73 Å². The standard InChI is InChI=1S/C16H22N4O/c17-13-10-18-5-4-14(13)19-6-8-20(9-7-19)16(21)15-11-2-1-3-12(11)15/h4-5,10-12,15H,1-3,6-9,17H2. The van der Waals surface area contributed by atoms with Gasteiger partial charge in [-0.15, -0.1) is 0 Å². The highest BCUT2D eigenvalue weighted by Gasteiger charge is 2.57. The number of piperazine rings is 1. The van der Waals surface area contributed by atoms with Gasteiger partial charge < -0.3 is 15.5 Å². The monoisotopic (exact) mass is 286 g/mol. The van der Waals surface area contributed by atoms with Gasteiger partial charge >= 0.3 is 0 Å². The lowest BCUT2D eigenvalue weighted by molar-refractivity contribution is -0.133. The molecule has 1 aromatic heterocycles. The minimum Gasteiger partial charge on any atom is -0.396 e. The zero-order valence-electron chi connectivity index (χ0n) is 12.2. The molecule has 1 aromatic rings. The number of hydrogen-bond acceptors (Lipinski definition) is 4. The molecule has 2 atom stereocenters. The molecule has 2 aliphatic carbocycles. The first-order chi connectivity index (χ1) is 10.3. The van der Waals surface area contributed by atoms with Gasteiger partial charge in [-0.3, -0.25) is 9.78 Å². The van der Waals surface area contributed by atoms with Crippen molar-refractivity contribution >= 4 is 17.3 Å². The van der Waals surface area contributed by atoms with Crippen LogP contribution in [0.4, 0.5) is 11.4 Å². The van der Waals surface area contributed by atoms with E-state index in [0.717, 1.165) is 31.9 Å². The number of rotatable bonds is 2. The molecule has 1 saturated heterocycles. The Morgan fingerprint density at radius 1 is 1.19 bits per heavy atom. The molecule has 0 spiro atoms. The molecule has 5 heteroatoms. The number of pyridine rings is 1. The van der Waals surface area contributed by atoms with Gasteiger partial charge in [0.15, 0.2) is 0 Å². The molecule has 0 aromatic carbocycles. The first kappa shape index (κ1) is 12.9. The predicted octanol–water partition coefficient (Wildman–Crippen LogP) is 1.36. The summed E-state index contributed by atoms with van der Waals surface area (Å²) in [4.78, 5) is 20.9. The summed E-state index contributed by atoms with van der Waals surface area (Å²) in [5, 5.41) is 0. The Labute approximate surface area is 125 Å². The molecule has 3 fully saturated rings. The fraction of sp³-hybridized carbons (Fsp3) is 0.625. The SMILES string of the molecule is Nc1cnccc1N1CCN(C(=O)C2C3CCCC32)CC1. The van der Waals surface area contributed by atoms with Crippen molar-refractivity contribution in [1.82, 2.24) is 9.88 Å². The van der Waals surface area contributed by atoms with Crippen molar-refractivity contribution < 1.29 is 4.79 Å². The highest BCUT2D eigenvalue weighted by molar-refractivity contribution is 5.83. The molecule has 112 valence electrons. The van der Waals surface area contributed by atoms with Crippen LogP contribution in [0, 0.1) is 17.8 Å². The van der Waals surface area contributed by atoms with Crippen molar-refractivity contribution in [3.8, 4) is 0 Å². The number of fused-ring (bicyclic) bond motifs is 1. The molecule has 3 aliphatic rings. The van der Waals surface area contributed by atoms with Gasteiger partial charge in [0.1, 0.15) is 0 Å². The lowest BCUT2D eigenvalue weighted by Crippen LogP contribution is -2.49. The Morgan fingerprint density at radius 2 is 1.90 bits per heavy atom. The molecule has 4 rings (SSSR count). The minimum atomic E-state index is 0.358. The number of nitrogens with zero attached hydrogens (tertiary/aromatic N) is 3. The van der Waals surface area contributed by atoms with E-state index in [0.29, 0.717) is 29.3 Å². The summed E-state index contributed by atoms with van der Waals surface area (Å²) >= 11 is 0. The molecule has 21 heavy (non-hydrogen) atoms. The van der Waals surface area contributed by atoms with Gasteiger partial charge in [0, 0.05) is 38.3 Å². The quantitative estimate of drug-likeness (QED) is 0.891. The summed E-state index contributed by atoms with van der Waals surface area (Å²) in [6.45, 7) is 3.36. The zero-order valence-corrected chi connectivity index (χ0v) is 12.2. The maximum atomic E-state index is 12.6. The molecule has 0 radical (unpaired) electrons. The van der Waals surface area contributed by atoms with Crippen molar-refractivity contribution in [2.75, 3.05) is 36.8 Å². The van der Waals surface area contributed by atoms with E-state index in [9.17, 15) is 4.79 Å². The first-order valence-electron chi connectivity index (χ1n) is 7.99. The predicted molar refractivity (Wildman–Crippen MR) is 81.8 cm³/mol. The number of carbonyl (C=O) groups is 1. The summed E-state index contributed by atoms with van der Waals surface area (Å²) in [5.74, 6) is 2.20. The van der Waals surface area contributed by atoms with Crippen molar-refractivity contribution in [3.05, 3.63) is 18.5 Å². The lowest BCUT2D eigenvalue weighted by Gasteiger charge is -2.36. The summed E-state index contributed by atoms with van der Waals surface area (Å²) in [7, 11) is 0. The highest BCUT2D eigenvalue weighted by atomic mass is 16.2. The third kappa shape index (κ3) is 2.15. The van der Waals surface area contributed by atoms with E-state index in [1.165, 1.54) is 19.3 Å². The second-order valence-electron chi connectivity index (χ2n) is 6.53. The van der Waals surface area contributed by atoms with Crippen LogP contribution in [0.3, 0.4) is 0 Å². The number of nitrogens with two attached hydrogens (primary N) is 1. The number of carbonyl (C=O) groups excluding carboxylic acids is 1. The number of amides is 1. The Morgan fingerprint density at radius 3 is 2.57 bits per heavy atom. The van der Waals surface area contributed by atoms with Crippen LogP contribution in [-0.2, 0) is 4.79 Å². The van der Waals surface area contributed by atoms with E-state index in [2.05, 4.69) is 14.8 Å². The summed E-state index contributed by atoms with van der Waals surface area (Å²) in [6, 6.07) is 1.96. The Hall–Kier alpha value is -1.78. The van der Waals surface area contributed by atoms with Crippen molar-refractivity contribution in [3.63, 3.8) is 0 Å². The maximum absolute atomic E-state index is 12.6. The zero-order chi connectivity index (χ0) is 14.4. The van der Waals surface area contributed by atoms with Crippen LogP contribution in [-0.4, -0.2) is 42.0 Å². The molecule has 2 N–H and O–H groups in total. The van der Waals surface area contributed by atoms with Crippen LogP contribution in [0.5, 0.6) is 0 Å². The molecular formula is C16H22N4O. The number of nitrogen functional groups attached to an aromatic ring is 1. The van der Waals surface area contributed by atoms with Crippen LogP contribution in [0.2, 0.25) is 0 Å². The molecule has 0 bridgehead atoms. The summed E-state index contributed by atoms with van der Waals surface area (Å²) in [6.07, 6.45) is 7.34. The molecule has 1 aliphatic heterocycles. The van der Waals surface area contributed by atoms with Gasteiger partial charge in [-0.2, -0.15) is 0 Å². The third-order valence-electron chi connectivity index (χ3n) is 5.45. The molecule has 1 amide bonds. The minimum absolute atomic E-state index is 0.358. The normalized spacial score (nSPS) is 31.1. The Kier molecular flexibility index (Phi) is 3.01. The molecule has 2 heterocycles. The fourth-order valence-electron chi connectivity index (χ4n) is 4.25. The molecule has 5 nitrogen and oxygen atoms in total. The Balaban J connectivity index is 1.37. The van der Waals surface area contributed by atoms with Gasteiger partial charge in [-0.05, 0) is 30.7 Å². The van der Waals surface area contributed by atoms with Crippen molar-refractivity contribution in [1.29, 1.82) is 0 Å². The highest BCUT2D eigenvalue weighted by Crippen LogP contribution is 2.58. The summed E-state index contributed by atoms with van der Waals surface area (Å²) in [5.41, 5.74) is 7.74. The van der Waals surface area contributed by atoms with Gasteiger partial charge in [0.25, 0.3) is 0 Å². The third-order valence-corrected chi connectivity index (χ3v) is 5.45. The lowest BCUT2D eigenvalue weighted by atomic mass is 10.1. The topological polar surface area (TPSA) is 62.5 Å². The van der Waals surface area contributed by atoms with E-state index in [-0.39, 0.29) is 0 Å². The first-order valence-corrected chi connectivity index (χ1v) is 7.99. The van der Waals surface area contributed by atoms with Crippen LogP contribution in [0.1, 0.15) is 19.3 Å². The molecular weight excluding hydrogens is 264 g/mol. The largest absolute Gasteiger partial charge is 0.396 e. The van der Waals surface area contributed by atoms with Crippen LogP contribution in [0.15, 0.2) is 18.5 Å². The average molecular weight is 286 g/mol. The van der Waals surface area contributed by atoms with E-state index >= 15 is 0 Å². The fourth-order valence-corrected chi connectivity index (χ4v) is 4.25. The Bertz CT molecular complexity index is 543. The number of aromatic nitrogens is 1. The van der Waals surface area contributed by atoms with E-state index < -0.39 is 0 Å². The van der Waals surface area contributed by atoms with E-state index in [1.807, 2.05) is 6.07 Å². The van der Waals surface area contributed by atoms with Crippen molar-refractivity contribution in [2.24, 2.45) is 17.8 Å². The van der Waals surface area contributed by atoms with Crippen LogP contribution < -0.4 is 10.6 Å². The van der Waals surface area contributed by atoms with Gasteiger partial charge in [-0.1, -0.05) is 6.42 Å². The number of hydrogen-bond donors (Lipinski definition) is 1. The smallest absolute Gasteiger partial charge is 0.226 e. The van der Waals surface area contributed by atoms with Gasteiger partial charge in [0.2, 0.25) is 5.91 Å². The van der Waals surface area contributed by atoms with E-state index in [1.54, 1.807) is 12.4 Å². The summed E-state index contributed by atoms with van der Waals surface area (Å²) < 4.78 is 0. The molecule has 2 unspecified atom stereocenters. The number of anilines is 2. The van der Waals surface area contributed by atoms with Crippen LogP contribution in [0.25, 0.3) is 0 Å². The van der Waals surface area contributed by atoms with Crippen molar-refractivity contribution in [2.45, 2.75) is 19.3 Å². The van der Waals surface area contributed by atoms with Crippen LogP contribution >= 0.6 is 0 Å².